The quantitative estimate of drug-likeness (QED) is 0.534. The van der Waals surface area contributed by atoms with E-state index < -0.39 is 0 Å². The zero-order valence-electron chi connectivity index (χ0n) is 7.05. The molecule has 0 amide bonds. The van der Waals surface area contributed by atoms with Crippen molar-refractivity contribution in [2.45, 2.75) is 18.2 Å². The van der Waals surface area contributed by atoms with E-state index in [-0.39, 0.29) is 0 Å². The standard InChI is InChI=1S/C11H11Br/c1-3-10-6-4-5-7-11(10)8-9(2)12/h1,4-7,9H,8H2,2H3. The second-order valence-corrected chi connectivity index (χ2v) is 4.35. The minimum Gasteiger partial charge on any atom is -0.115 e. The molecule has 0 saturated heterocycles. The van der Waals surface area contributed by atoms with E-state index in [1.807, 2.05) is 18.2 Å². The first kappa shape index (κ1) is 9.35. The van der Waals surface area contributed by atoms with Gasteiger partial charge in [0.25, 0.3) is 0 Å². The number of halogens is 1. The summed E-state index contributed by atoms with van der Waals surface area (Å²) in [6, 6.07) is 8.04. The van der Waals surface area contributed by atoms with Crippen molar-refractivity contribution in [2.24, 2.45) is 0 Å². The third-order valence-corrected chi connectivity index (χ3v) is 2.00. The molecule has 12 heavy (non-hydrogen) atoms. The average Bonchev–Trinajstić information content (AvgIpc) is 2.04. The van der Waals surface area contributed by atoms with E-state index in [0.29, 0.717) is 4.83 Å². The molecule has 0 aliphatic heterocycles. The van der Waals surface area contributed by atoms with Gasteiger partial charge in [-0.15, -0.1) is 6.42 Å². The summed E-state index contributed by atoms with van der Waals surface area (Å²) in [5.74, 6) is 2.68. The summed E-state index contributed by atoms with van der Waals surface area (Å²) >= 11 is 3.51. The Morgan fingerprint density at radius 3 is 2.75 bits per heavy atom. The number of alkyl halides is 1. The highest BCUT2D eigenvalue weighted by atomic mass is 79.9. The van der Waals surface area contributed by atoms with Crippen LogP contribution in [-0.4, -0.2) is 4.83 Å². The topological polar surface area (TPSA) is 0 Å². The van der Waals surface area contributed by atoms with Crippen LogP contribution in [-0.2, 0) is 6.42 Å². The Morgan fingerprint density at radius 2 is 2.17 bits per heavy atom. The van der Waals surface area contributed by atoms with E-state index in [9.17, 15) is 0 Å². The van der Waals surface area contributed by atoms with Gasteiger partial charge in [0, 0.05) is 10.4 Å². The van der Waals surface area contributed by atoms with Crippen LogP contribution in [0.15, 0.2) is 24.3 Å². The van der Waals surface area contributed by atoms with Crippen LogP contribution >= 0.6 is 15.9 Å². The summed E-state index contributed by atoms with van der Waals surface area (Å²) in [7, 11) is 0. The van der Waals surface area contributed by atoms with Crippen LogP contribution in [0.25, 0.3) is 0 Å². The minimum absolute atomic E-state index is 0.479. The van der Waals surface area contributed by atoms with E-state index in [2.05, 4.69) is 34.8 Å². The first-order valence-corrected chi connectivity index (χ1v) is 4.84. The van der Waals surface area contributed by atoms with Gasteiger partial charge in [-0.1, -0.05) is 47.0 Å². The highest BCUT2D eigenvalue weighted by Crippen LogP contribution is 2.13. The fraction of sp³-hybridized carbons (Fsp3) is 0.273. The third-order valence-electron chi connectivity index (χ3n) is 1.67. The zero-order chi connectivity index (χ0) is 8.97. The van der Waals surface area contributed by atoms with Crippen molar-refractivity contribution >= 4 is 15.9 Å². The number of terminal acetylenes is 1. The molecule has 1 heteroatoms. The Hall–Kier alpha value is -0.740. The molecule has 1 aromatic carbocycles. The van der Waals surface area contributed by atoms with Gasteiger partial charge >= 0.3 is 0 Å². The molecule has 0 saturated carbocycles. The molecular formula is C11H11Br. The van der Waals surface area contributed by atoms with E-state index in [1.165, 1.54) is 5.56 Å². The molecule has 0 heterocycles. The van der Waals surface area contributed by atoms with E-state index in [4.69, 9.17) is 6.42 Å². The molecule has 1 aromatic rings. The van der Waals surface area contributed by atoms with Crippen LogP contribution in [0.1, 0.15) is 18.1 Å². The molecule has 0 aliphatic rings. The third kappa shape index (κ3) is 2.39. The fourth-order valence-corrected chi connectivity index (χ4v) is 1.49. The molecule has 0 nitrogen and oxygen atoms in total. The minimum atomic E-state index is 0.479. The number of rotatable bonds is 2. The maximum Gasteiger partial charge on any atom is 0.0275 e. The summed E-state index contributed by atoms with van der Waals surface area (Å²) in [6.07, 6.45) is 6.35. The molecule has 0 fully saturated rings. The largest absolute Gasteiger partial charge is 0.115 e. The van der Waals surface area contributed by atoms with Crippen LogP contribution in [0.3, 0.4) is 0 Å². The molecular weight excluding hydrogens is 212 g/mol. The normalized spacial score (nSPS) is 12.1. The number of hydrogen-bond donors (Lipinski definition) is 0. The maximum absolute atomic E-state index is 5.36. The van der Waals surface area contributed by atoms with Crippen molar-refractivity contribution in [1.82, 2.24) is 0 Å². The monoisotopic (exact) mass is 222 g/mol. The van der Waals surface area contributed by atoms with Gasteiger partial charge in [-0.2, -0.15) is 0 Å². The van der Waals surface area contributed by atoms with Gasteiger partial charge in [-0.3, -0.25) is 0 Å². The average molecular weight is 223 g/mol. The van der Waals surface area contributed by atoms with Crippen LogP contribution in [0.5, 0.6) is 0 Å². The fourth-order valence-electron chi connectivity index (χ4n) is 1.14. The van der Waals surface area contributed by atoms with Crippen LogP contribution in [0.4, 0.5) is 0 Å². The van der Waals surface area contributed by atoms with Crippen LogP contribution in [0, 0.1) is 12.3 Å². The Bertz CT molecular complexity index is 294. The highest BCUT2D eigenvalue weighted by Gasteiger charge is 2.01. The van der Waals surface area contributed by atoms with Crippen molar-refractivity contribution in [2.75, 3.05) is 0 Å². The first-order valence-electron chi connectivity index (χ1n) is 3.92. The second-order valence-electron chi connectivity index (χ2n) is 2.79. The lowest BCUT2D eigenvalue weighted by atomic mass is 10.0. The Labute approximate surface area is 82.1 Å². The molecule has 0 bridgehead atoms. The molecule has 0 aromatic heterocycles. The molecule has 0 aliphatic carbocycles. The predicted octanol–water partition coefficient (Wildman–Crippen LogP) is 2.99. The van der Waals surface area contributed by atoms with Gasteiger partial charge in [-0.05, 0) is 18.1 Å². The lowest BCUT2D eigenvalue weighted by Crippen LogP contribution is -1.98. The summed E-state index contributed by atoms with van der Waals surface area (Å²) in [5.41, 5.74) is 2.24. The van der Waals surface area contributed by atoms with E-state index in [1.54, 1.807) is 0 Å². The van der Waals surface area contributed by atoms with Crippen molar-refractivity contribution in [3.8, 4) is 12.3 Å². The van der Waals surface area contributed by atoms with Crippen LogP contribution in [0.2, 0.25) is 0 Å². The molecule has 0 spiro atoms. The Kier molecular flexibility index (Phi) is 3.37. The predicted molar refractivity (Wildman–Crippen MR) is 56.5 cm³/mol. The summed E-state index contributed by atoms with van der Waals surface area (Å²) in [5, 5.41) is 0. The van der Waals surface area contributed by atoms with Gasteiger partial charge in [-0.25, -0.2) is 0 Å². The smallest absolute Gasteiger partial charge is 0.0275 e. The molecule has 1 atom stereocenters. The van der Waals surface area contributed by atoms with E-state index in [0.717, 1.165) is 12.0 Å². The van der Waals surface area contributed by atoms with Gasteiger partial charge in [0.15, 0.2) is 0 Å². The molecule has 0 radical (unpaired) electrons. The maximum atomic E-state index is 5.36. The van der Waals surface area contributed by atoms with E-state index >= 15 is 0 Å². The van der Waals surface area contributed by atoms with Crippen molar-refractivity contribution in [3.63, 3.8) is 0 Å². The summed E-state index contributed by atoms with van der Waals surface area (Å²) in [6.45, 7) is 2.12. The lowest BCUT2D eigenvalue weighted by molar-refractivity contribution is 0.956. The van der Waals surface area contributed by atoms with Gasteiger partial charge < -0.3 is 0 Å². The Balaban J connectivity index is 2.91. The molecule has 1 rings (SSSR count). The Morgan fingerprint density at radius 1 is 1.50 bits per heavy atom. The zero-order valence-corrected chi connectivity index (χ0v) is 8.64. The highest BCUT2D eigenvalue weighted by molar-refractivity contribution is 9.09. The SMILES string of the molecule is C#Cc1ccccc1CC(C)Br. The number of benzene rings is 1. The van der Waals surface area contributed by atoms with Crippen LogP contribution < -0.4 is 0 Å². The second kappa shape index (κ2) is 4.33. The number of hydrogen-bond acceptors (Lipinski definition) is 0. The van der Waals surface area contributed by atoms with Gasteiger partial charge in [0.05, 0.1) is 0 Å². The molecule has 62 valence electrons. The van der Waals surface area contributed by atoms with Gasteiger partial charge in [0.1, 0.15) is 0 Å². The van der Waals surface area contributed by atoms with Crippen molar-refractivity contribution < 1.29 is 0 Å². The van der Waals surface area contributed by atoms with Crippen molar-refractivity contribution in [1.29, 1.82) is 0 Å². The van der Waals surface area contributed by atoms with Crippen molar-refractivity contribution in [3.05, 3.63) is 35.4 Å². The lowest BCUT2D eigenvalue weighted by Gasteiger charge is -2.05. The summed E-state index contributed by atoms with van der Waals surface area (Å²) < 4.78 is 0. The van der Waals surface area contributed by atoms with Gasteiger partial charge in [0.2, 0.25) is 0 Å². The molecule has 0 N–H and O–H groups in total. The summed E-state index contributed by atoms with van der Waals surface area (Å²) in [4.78, 5) is 0.479. The molecule has 1 unspecified atom stereocenters. The first-order chi connectivity index (χ1) is 5.74.